The summed E-state index contributed by atoms with van der Waals surface area (Å²) < 4.78 is 23.6. The number of fused-ring (bicyclic) bond motifs is 1. The number of nitrogens with one attached hydrogen (secondary N) is 2. The highest BCUT2D eigenvalue weighted by atomic mass is 32.1. The third kappa shape index (κ3) is 5.44. The second-order valence-electron chi connectivity index (χ2n) is 7.66. The van der Waals surface area contributed by atoms with Crippen molar-refractivity contribution in [1.82, 2.24) is 15.3 Å². The third-order valence-electron chi connectivity index (χ3n) is 5.22. The number of carbonyl (C=O) groups is 2. The quantitative estimate of drug-likeness (QED) is 0.375. The summed E-state index contributed by atoms with van der Waals surface area (Å²) in [6.07, 6.45) is 0. The van der Waals surface area contributed by atoms with Gasteiger partial charge in [-0.1, -0.05) is 12.1 Å². The zero-order chi connectivity index (χ0) is 24.9. The largest absolute Gasteiger partial charge is 0.480 e. The summed E-state index contributed by atoms with van der Waals surface area (Å²) in [7, 11) is 3.08. The van der Waals surface area contributed by atoms with Crippen molar-refractivity contribution >= 4 is 39.1 Å². The number of methoxy groups -OCH3 is 2. The molecule has 2 aromatic heterocycles. The predicted molar refractivity (Wildman–Crippen MR) is 131 cm³/mol. The monoisotopic (exact) mass is 494 g/mol. The average molecular weight is 495 g/mol. The van der Waals surface area contributed by atoms with Gasteiger partial charge in [-0.15, -0.1) is 11.3 Å². The van der Waals surface area contributed by atoms with E-state index in [1.54, 1.807) is 25.3 Å². The highest BCUT2D eigenvalue weighted by Gasteiger charge is 2.21. The number of hydrogen-bond donors (Lipinski definition) is 2. The van der Waals surface area contributed by atoms with Crippen molar-refractivity contribution in [2.75, 3.05) is 19.5 Å². The van der Waals surface area contributed by atoms with Crippen LogP contribution in [0.1, 0.15) is 37.0 Å². The minimum atomic E-state index is -0.408. The highest BCUT2D eigenvalue weighted by molar-refractivity contribution is 7.20. The Balaban J connectivity index is 1.47. The SMILES string of the molecule is COCc1nc(OC)c2c(C)c(C(=O)NCc3cccc(NC(=O)c4ccc(F)cc4)c3)sc2n1. The van der Waals surface area contributed by atoms with E-state index >= 15 is 0 Å². The van der Waals surface area contributed by atoms with Crippen molar-refractivity contribution in [3.05, 3.63) is 81.7 Å². The molecule has 35 heavy (non-hydrogen) atoms. The molecule has 10 heteroatoms. The predicted octanol–water partition coefficient (Wildman–Crippen LogP) is 4.48. The number of aromatic nitrogens is 2. The second-order valence-corrected chi connectivity index (χ2v) is 8.66. The number of thiophene rings is 1. The van der Waals surface area contributed by atoms with Crippen LogP contribution in [0.5, 0.6) is 5.88 Å². The van der Waals surface area contributed by atoms with E-state index in [4.69, 9.17) is 9.47 Å². The maximum atomic E-state index is 13.1. The Hall–Kier alpha value is -3.89. The zero-order valence-electron chi connectivity index (χ0n) is 19.3. The summed E-state index contributed by atoms with van der Waals surface area (Å²) in [4.78, 5) is 35.4. The zero-order valence-corrected chi connectivity index (χ0v) is 20.2. The molecule has 0 radical (unpaired) electrons. The molecule has 180 valence electrons. The standard InChI is InChI=1S/C25H23FN4O4S/c1-14-20-24(34-3)29-19(13-33-2)30-25(20)35-21(14)23(32)27-12-15-5-4-6-18(11-15)28-22(31)16-7-9-17(26)10-8-16/h4-11H,12-13H2,1-3H3,(H,27,32)(H,28,31). The van der Waals surface area contributed by atoms with Gasteiger partial charge >= 0.3 is 0 Å². The van der Waals surface area contributed by atoms with Crippen LogP contribution < -0.4 is 15.4 Å². The van der Waals surface area contributed by atoms with Gasteiger partial charge in [0.05, 0.1) is 17.4 Å². The van der Waals surface area contributed by atoms with Crippen molar-refractivity contribution in [3.8, 4) is 5.88 Å². The molecule has 8 nitrogen and oxygen atoms in total. The van der Waals surface area contributed by atoms with E-state index in [1.807, 2.05) is 13.0 Å². The van der Waals surface area contributed by atoms with E-state index in [9.17, 15) is 14.0 Å². The maximum absolute atomic E-state index is 13.1. The molecule has 2 heterocycles. The van der Waals surface area contributed by atoms with Gasteiger partial charge in [0.15, 0.2) is 5.82 Å². The van der Waals surface area contributed by atoms with Gasteiger partial charge in [-0.25, -0.2) is 9.37 Å². The molecule has 0 unspecified atom stereocenters. The van der Waals surface area contributed by atoms with Crippen LogP contribution in [0.25, 0.3) is 10.2 Å². The fourth-order valence-electron chi connectivity index (χ4n) is 3.53. The Labute approximate surface area is 205 Å². The summed E-state index contributed by atoms with van der Waals surface area (Å²) in [5.74, 6) is -0.130. The minimum Gasteiger partial charge on any atom is -0.480 e. The van der Waals surface area contributed by atoms with Crippen LogP contribution in [0.15, 0.2) is 48.5 Å². The number of amides is 2. The van der Waals surface area contributed by atoms with Gasteiger partial charge < -0.3 is 20.1 Å². The van der Waals surface area contributed by atoms with Crippen LogP contribution in [0.4, 0.5) is 10.1 Å². The Morgan fingerprint density at radius 2 is 1.83 bits per heavy atom. The van der Waals surface area contributed by atoms with Gasteiger partial charge in [-0.05, 0) is 54.4 Å². The summed E-state index contributed by atoms with van der Waals surface area (Å²) in [6, 6.07) is 12.4. The van der Waals surface area contributed by atoms with Gasteiger partial charge in [0.25, 0.3) is 11.8 Å². The number of benzene rings is 2. The van der Waals surface area contributed by atoms with Gasteiger partial charge in [0.1, 0.15) is 17.3 Å². The molecule has 0 aliphatic heterocycles. The molecule has 0 aliphatic rings. The van der Waals surface area contributed by atoms with Gasteiger partial charge in [0.2, 0.25) is 5.88 Å². The Bertz CT molecular complexity index is 1390. The van der Waals surface area contributed by atoms with E-state index < -0.39 is 5.82 Å². The molecule has 0 spiro atoms. The van der Waals surface area contributed by atoms with Crippen molar-refractivity contribution in [2.24, 2.45) is 0 Å². The van der Waals surface area contributed by atoms with Crippen molar-refractivity contribution in [1.29, 1.82) is 0 Å². The average Bonchev–Trinajstić information content (AvgIpc) is 3.19. The molecule has 0 fully saturated rings. The second kappa shape index (κ2) is 10.6. The van der Waals surface area contributed by atoms with Crippen LogP contribution in [0.2, 0.25) is 0 Å². The fourth-order valence-corrected chi connectivity index (χ4v) is 4.64. The smallest absolute Gasteiger partial charge is 0.261 e. The first-order chi connectivity index (χ1) is 16.9. The first-order valence-electron chi connectivity index (χ1n) is 10.7. The Kier molecular flexibility index (Phi) is 7.33. The lowest BCUT2D eigenvalue weighted by atomic mass is 10.1. The number of anilines is 1. The van der Waals surface area contributed by atoms with Crippen molar-refractivity contribution < 1.29 is 23.5 Å². The van der Waals surface area contributed by atoms with E-state index in [0.717, 1.165) is 11.1 Å². The fraction of sp³-hybridized carbons (Fsp3) is 0.200. The number of halogens is 1. The van der Waals surface area contributed by atoms with Crippen LogP contribution in [-0.2, 0) is 17.9 Å². The van der Waals surface area contributed by atoms with Crippen LogP contribution in [0.3, 0.4) is 0 Å². The molecule has 0 saturated carbocycles. The van der Waals surface area contributed by atoms with E-state index in [0.29, 0.717) is 38.0 Å². The number of aryl methyl sites for hydroxylation is 1. The molecule has 0 aliphatic carbocycles. The van der Waals surface area contributed by atoms with Crippen LogP contribution in [0, 0.1) is 12.7 Å². The van der Waals surface area contributed by atoms with E-state index in [1.165, 1.54) is 42.7 Å². The van der Waals surface area contributed by atoms with E-state index in [-0.39, 0.29) is 25.0 Å². The minimum absolute atomic E-state index is 0.235. The van der Waals surface area contributed by atoms with Crippen LogP contribution in [-0.4, -0.2) is 36.0 Å². The number of ether oxygens (including phenoxy) is 2. The van der Waals surface area contributed by atoms with Crippen LogP contribution >= 0.6 is 11.3 Å². The maximum Gasteiger partial charge on any atom is 0.261 e. The third-order valence-corrected chi connectivity index (χ3v) is 6.41. The lowest BCUT2D eigenvalue weighted by Crippen LogP contribution is -2.22. The lowest BCUT2D eigenvalue weighted by molar-refractivity contribution is 0.0953. The molecule has 0 saturated heterocycles. The van der Waals surface area contributed by atoms with E-state index in [2.05, 4.69) is 20.6 Å². The normalized spacial score (nSPS) is 10.9. The molecule has 0 atom stereocenters. The van der Waals surface area contributed by atoms with Gasteiger partial charge in [0, 0.05) is 24.9 Å². The van der Waals surface area contributed by atoms with Gasteiger partial charge in [-0.3, -0.25) is 9.59 Å². The first-order valence-corrected chi connectivity index (χ1v) is 11.5. The molecule has 2 aromatic carbocycles. The Morgan fingerprint density at radius 1 is 1.06 bits per heavy atom. The molecule has 0 bridgehead atoms. The molecule has 2 N–H and O–H groups in total. The molecule has 2 amide bonds. The number of carbonyl (C=O) groups excluding carboxylic acids is 2. The topological polar surface area (TPSA) is 102 Å². The summed E-state index contributed by atoms with van der Waals surface area (Å²) in [6.45, 7) is 2.32. The lowest BCUT2D eigenvalue weighted by Gasteiger charge is -2.09. The van der Waals surface area contributed by atoms with Crippen molar-refractivity contribution in [3.63, 3.8) is 0 Å². The number of rotatable bonds is 8. The first kappa shape index (κ1) is 24.2. The molecular formula is C25H23FN4O4S. The molecular weight excluding hydrogens is 471 g/mol. The van der Waals surface area contributed by atoms with Crippen molar-refractivity contribution in [2.45, 2.75) is 20.1 Å². The summed E-state index contributed by atoms with van der Waals surface area (Å²) >= 11 is 1.26. The summed E-state index contributed by atoms with van der Waals surface area (Å²) in [5.41, 5.74) is 2.45. The molecule has 4 aromatic rings. The highest BCUT2D eigenvalue weighted by Crippen LogP contribution is 2.35. The number of nitrogens with zero attached hydrogens (tertiary/aromatic N) is 2. The Morgan fingerprint density at radius 3 is 2.54 bits per heavy atom. The summed E-state index contributed by atoms with van der Waals surface area (Å²) in [5, 5.41) is 6.40. The van der Waals surface area contributed by atoms with Gasteiger partial charge in [-0.2, -0.15) is 4.98 Å². The molecule has 4 rings (SSSR count). The number of hydrogen-bond acceptors (Lipinski definition) is 7.